The summed E-state index contributed by atoms with van der Waals surface area (Å²) in [5.74, 6) is 1.81. The number of hydrogen-bond donors (Lipinski definition) is 0. The van der Waals surface area contributed by atoms with Crippen molar-refractivity contribution in [2.24, 2.45) is 0 Å². The molecule has 0 unspecified atom stereocenters. The average Bonchev–Trinajstić information content (AvgIpc) is 3.75. The minimum Gasteiger partial charge on any atom is -0.456 e. The smallest absolute Gasteiger partial charge is 0.166 e. The SMILES string of the molecule is c1ccc(-c2nc(-c3ccc4c(ccc5ccccc54)c3)nc(-c3c4sc(-c5ccccc5)nc4cc4oc5ccccc5c34)n2)cc1. The molecular formula is C42H24N4OS. The van der Waals surface area contributed by atoms with E-state index in [4.69, 9.17) is 24.4 Å². The van der Waals surface area contributed by atoms with Crippen molar-refractivity contribution >= 4 is 65.0 Å². The molecular weight excluding hydrogens is 609 g/mol. The first-order valence-corrected chi connectivity index (χ1v) is 16.6. The predicted octanol–water partition coefficient (Wildman–Crippen LogP) is 11.4. The summed E-state index contributed by atoms with van der Waals surface area (Å²) in [4.78, 5) is 20.6. The number of hydrogen-bond acceptors (Lipinski definition) is 6. The Labute approximate surface area is 278 Å². The van der Waals surface area contributed by atoms with Gasteiger partial charge < -0.3 is 4.42 Å². The normalized spacial score (nSPS) is 11.8. The second kappa shape index (κ2) is 10.7. The van der Waals surface area contributed by atoms with Crippen molar-refractivity contribution in [1.29, 1.82) is 0 Å². The van der Waals surface area contributed by atoms with Crippen LogP contribution in [0.2, 0.25) is 0 Å². The van der Waals surface area contributed by atoms with Gasteiger partial charge in [-0.3, -0.25) is 0 Å². The first-order valence-electron chi connectivity index (χ1n) is 15.8. The molecule has 3 heterocycles. The third kappa shape index (κ3) is 4.31. The zero-order valence-corrected chi connectivity index (χ0v) is 26.3. The maximum absolute atomic E-state index is 6.44. The molecule has 0 saturated heterocycles. The van der Waals surface area contributed by atoms with Crippen LogP contribution < -0.4 is 0 Å². The van der Waals surface area contributed by atoms with Crippen LogP contribution in [0, 0.1) is 0 Å². The Balaban J connectivity index is 1.28. The topological polar surface area (TPSA) is 64.7 Å². The second-order valence-corrected chi connectivity index (χ2v) is 12.9. The lowest BCUT2D eigenvalue weighted by atomic mass is 10.00. The van der Waals surface area contributed by atoms with Gasteiger partial charge in [0.2, 0.25) is 0 Å². The molecule has 10 aromatic rings. The van der Waals surface area contributed by atoms with Gasteiger partial charge in [0, 0.05) is 33.5 Å². The Kier molecular flexibility index (Phi) is 5.98. The van der Waals surface area contributed by atoms with Crippen molar-refractivity contribution in [1.82, 2.24) is 19.9 Å². The van der Waals surface area contributed by atoms with Gasteiger partial charge in [0.15, 0.2) is 17.5 Å². The minimum atomic E-state index is 0.586. The summed E-state index contributed by atoms with van der Waals surface area (Å²) in [5.41, 5.74) is 6.23. The number of para-hydroxylation sites is 1. The van der Waals surface area contributed by atoms with Gasteiger partial charge in [-0.05, 0) is 33.7 Å². The summed E-state index contributed by atoms with van der Waals surface area (Å²) < 4.78 is 7.45. The van der Waals surface area contributed by atoms with Crippen LogP contribution in [0.3, 0.4) is 0 Å². The molecule has 0 aliphatic rings. The van der Waals surface area contributed by atoms with Gasteiger partial charge in [0.25, 0.3) is 0 Å². The van der Waals surface area contributed by atoms with E-state index >= 15 is 0 Å². The Bertz CT molecular complexity index is 2840. The molecule has 224 valence electrons. The molecule has 5 nitrogen and oxygen atoms in total. The molecule has 0 amide bonds. The van der Waals surface area contributed by atoms with Gasteiger partial charge in [-0.15, -0.1) is 11.3 Å². The molecule has 48 heavy (non-hydrogen) atoms. The monoisotopic (exact) mass is 632 g/mol. The van der Waals surface area contributed by atoms with E-state index < -0.39 is 0 Å². The number of furan rings is 1. The highest BCUT2D eigenvalue weighted by molar-refractivity contribution is 7.22. The Morgan fingerprint density at radius 2 is 1.08 bits per heavy atom. The summed E-state index contributed by atoms with van der Waals surface area (Å²) >= 11 is 1.65. The molecule has 0 N–H and O–H groups in total. The predicted molar refractivity (Wildman–Crippen MR) is 197 cm³/mol. The quantitative estimate of drug-likeness (QED) is 0.181. The second-order valence-electron chi connectivity index (χ2n) is 11.9. The van der Waals surface area contributed by atoms with Crippen LogP contribution in [0.25, 0.3) is 98.4 Å². The van der Waals surface area contributed by atoms with E-state index in [9.17, 15) is 0 Å². The van der Waals surface area contributed by atoms with Crippen LogP contribution in [0.4, 0.5) is 0 Å². The average molecular weight is 633 g/mol. The van der Waals surface area contributed by atoms with E-state index in [0.29, 0.717) is 17.5 Å². The van der Waals surface area contributed by atoms with Gasteiger partial charge in [-0.25, -0.2) is 19.9 Å². The maximum Gasteiger partial charge on any atom is 0.166 e. The van der Waals surface area contributed by atoms with Gasteiger partial charge in [0.05, 0.1) is 15.8 Å². The van der Waals surface area contributed by atoms with E-state index in [2.05, 4.69) is 72.8 Å². The fourth-order valence-electron chi connectivity index (χ4n) is 6.67. The number of benzene rings is 7. The standard InChI is InChI=1S/C42H24N4OS/c1-3-12-26(13-4-1)39-44-40(29-21-22-31-28(23-29)20-19-25-11-7-8-16-30(25)31)46-41(45-39)37-36-32-17-9-10-18-34(32)47-35(36)24-33-38(37)48-42(43-33)27-14-5-2-6-15-27/h1-24H. The first kappa shape index (κ1) is 26.9. The van der Waals surface area contributed by atoms with Gasteiger partial charge in [-0.1, -0.05) is 127 Å². The number of rotatable bonds is 4. The molecule has 0 radical (unpaired) electrons. The van der Waals surface area contributed by atoms with Gasteiger partial charge in [-0.2, -0.15) is 0 Å². The number of fused-ring (bicyclic) bond motifs is 7. The lowest BCUT2D eigenvalue weighted by Crippen LogP contribution is -2.00. The van der Waals surface area contributed by atoms with Crippen molar-refractivity contribution in [2.75, 3.05) is 0 Å². The van der Waals surface area contributed by atoms with Crippen molar-refractivity contribution in [2.45, 2.75) is 0 Å². The van der Waals surface area contributed by atoms with Crippen LogP contribution in [0.15, 0.2) is 150 Å². The van der Waals surface area contributed by atoms with E-state index in [1.807, 2.05) is 72.8 Å². The molecule has 0 fully saturated rings. The molecule has 7 aromatic carbocycles. The Hall–Kier alpha value is -6.24. The highest BCUT2D eigenvalue weighted by Gasteiger charge is 2.23. The highest BCUT2D eigenvalue weighted by Crippen LogP contribution is 2.45. The summed E-state index contributed by atoms with van der Waals surface area (Å²) in [6, 6.07) is 49.9. The molecule has 0 aliphatic heterocycles. The van der Waals surface area contributed by atoms with Crippen molar-refractivity contribution in [3.05, 3.63) is 146 Å². The minimum absolute atomic E-state index is 0.586. The number of aromatic nitrogens is 4. The molecule has 3 aromatic heterocycles. The van der Waals surface area contributed by atoms with E-state index in [1.165, 1.54) is 16.2 Å². The fourth-order valence-corrected chi connectivity index (χ4v) is 7.77. The number of nitrogens with zero attached hydrogens (tertiary/aromatic N) is 4. The third-order valence-electron chi connectivity index (χ3n) is 8.94. The van der Waals surface area contributed by atoms with Crippen molar-refractivity contribution in [3.63, 3.8) is 0 Å². The van der Waals surface area contributed by atoms with Crippen LogP contribution in [0.5, 0.6) is 0 Å². The Morgan fingerprint density at radius 1 is 0.438 bits per heavy atom. The summed E-state index contributed by atoms with van der Waals surface area (Å²) in [5, 5.41) is 7.70. The number of thiazole rings is 1. The molecule has 0 aliphatic carbocycles. The summed E-state index contributed by atoms with van der Waals surface area (Å²) in [6.07, 6.45) is 0. The van der Waals surface area contributed by atoms with Crippen LogP contribution in [0.1, 0.15) is 0 Å². The molecule has 0 saturated carbocycles. The molecule has 0 atom stereocenters. The van der Waals surface area contributed by atoms with Crippen LogP contribution in [-0.2, 0) is 0 Å². The highest BCUT2D eigenvalue weighted by atomic mass is 32.1. The maximum atomic E-state index is 6.44. The van der Waals surface area contributed by atoms with Crippen molar-refractivity contribution < 1.29 is 4.42 Å². The molecule has 6 heteroatoms. The lowest BCUT2D eigenvalue weighted by Gasteiger charge is -2.11. The summed E-state index contributed by atoms with van der Waals surface area (Å²) in [6.45, 7) is 0. The molecule has 0 spiro atoms. The first-order chi connectivity index (χ1) is 23.8. The van der Waals surface area contributed by atoms with E-state index in [1.54, 1.807) is 11.3 Å². The largest absolute Gasteiger partial charge is 0.456 e. The fraction of sp³-hybridized carbons (Fsp3) is 0. The van der Waals surface area contributed by atoms with Crippen LogP contribution in [-0.4, -0.2) is 19.9 Å². The lowest BCUT2D eigenvalue weighted by molar-refractivity contribution is 0.669. The van der Waals surface area contributed by atoms with Crippen molar-refractivity contribution in [3.8, 4) is 44.7 Å². The zero-order valence-electron chi connectivity index (χ0n) is 25.5. The van der Waals surface area contributed by atoms with E-state index in [0.717, 1.165) is 64.8 Å². The zero-order chi connectivity index (χ0) is 31.6. The Morgan fingerprint density at radius 3 is 1.92 bits per heavy atom. The molecule has 10 rings (SSSR count). The van der Waals surface area contributed by atoms with Crippen LogP contribution >= 0.6 is 11.3 Å². The third-order valence-corrected chi connectivity index (χ3v) is 10.1. The van der Waals surface area contributed by atoms with Gasteiger partial charge >= 0.3 is 0 Å². The molecule has 0 bridgehead atoms. The van der Waals surface area contributed by atoms with Gasteiger partial charge in [0.1, 0.15) is 16.2 Å². The van der Waals surface area contributed by atoms with E-state index in [-0.39, 0.29) is 0 Å². The summed E-state index contributed by atoms with van der Waals surface area (Å²) in [7, 11) is 0.